The molecule has 1 rings (SSSR count). The molecule has 3 heteroatoms. The van der Waals surface area contributed by atoms with Crippen LogP contribution >= 0.6 is 0 Å². The first-order valence-electron chi connectivity index (χ1n) is 7.21. The fraction of sp³-hybridized carbons (Fsp3) is 0.625. The van der Waals surface area contributed by atoms with Crippen molar-refractivity contribution in [3.8, 4) is 0 Å². The molecule has 0 aromatic heterocycles. The molecule has 2 unspecified atom stereocenters. The highest BCUT2D eigenvalue weighted by molar-refractivity contribution is 5.19. The van der Waals surface area contributed by atoms with Crippen molar-refractivity contribution in [1.29, 1.82) is 0 Å². The van der Waals surface area contributed by atoms with E-state index in [1.807, 2.05) is 37.3 Å². The Balaban J connectivity index is 2.48. The molecule has 1 aromatic carbocycles. The average Bonchev–Trinajstić information content (AvgIpc) is 2.43. The molecular formula is C16H27NO2. The highest BCUT2D eigenvalue weighted by Gasteiger charge is 2.23. The maximum absolute atomic E-state index is 10.5. The lowest BCUT2D eigenvalue weighted by molar-refractivity contribution is 0.0999. The Hall–Kier alpha value is -0.900. The van der Waals surface area contributed by atoms with Crippen molar-refractivity contribution in [2.24, 2.45) is 5.92 Å². The first-order valence-corrected chi connectivity index (χ1v) is 7.21. The van der Waals surface area contributed by atoms with E-state index >= 15 is 0 Å². The van der Waals surface area contributed by atoms with Gasteiger partial charge in [-0.1, -0.05) is 44.2 Å². The number of benzene rings is 1. The summed E-state index contributed by atoms with van der Waals surface area (Å²) in [5.74, 6) is 0.377. The Kier molecular flexibility index (Phi) is 7.72. The molecule has 0 spiro atoms. The molecule has 19 heavy (non-hydrogen) atoms. The second kappa shape index (κ2) is 9.08. The van der Waals surface area contributed by atoms with E-state index < -0.39 is 6.10 Å². The van der Waals surface area contributed by atoms with E-state index in [4.69, 9.17) is 4.74 Å². The number of rotatable bonds is 9. The van der Waals surface area contributed by atoms with E-state index in [2.05, 4.69) is 19.2 Å². The molecule has 0 fully saturated rings. The molecule has 3 nitrogen and oxygen atoms in total. The second-order valence-electron chi connectivity index (χ2n) is 5.13. The molecule has 0 bridgehead atoms. The third-order valence-electron chi connectivity index (χ3n) is 3.25. The predicted octanol–water partition coefficient (Wildman–Crippen LogP) is 2.76. The average molecular weight is 265 g/mol. The monoisotopic (exact) mass is 265 g/mol. The van der Waals surface area contributed by atoms with Crippen LogP contribution in [0.4, 0.5) is 0 Å². The maximum Gasteiger partial charge on any atom is 0.0945 e. The summed E-state index contributed by atoms with van der Waals surface area (Å²) in [6, 6.07) is 9.92. The first-order chi connectivity index (χ1) is 9.16. The van der Waals surface area contributed by atoms with Crippen molar-refractivity contribution in [2.75, 3.05) is 19.8 Å². The molecular weight excluding hydrogens is 238 g/mol. The third kappa shape index (κ3) is 5.72. The van der Waals surface area contributed by atoms with Gasteiger partial charge in [-0.3, -0.25) is 0 Å². The summed E-state index contributed by atoms with van der Waals surface area (Å²) in [6.45, 7) is 8.67. The summed E-state index contributed by atoms with van der Waals surface area (Å²) in [5.41, 5.74) is 0.971. The van der Waals surface area contributed by atoms with E-state index in [0.717, 1.165) is 31.7 Å². The number of aliphatic hydroxyl groups excluding tert-OH is 1. The van der Waals surface area contributed by atoms with Crippen LogP contribution in [0.1, 0.15) is 38.9 Å². The van der Waals surface area contributed by atoms with Gasteiger partial charge in [-0.2, -0.15) is 0 Å². The summed E-state index contributed by atoms with van der Waals surface area (Å²) in [4.78, 5) is 0. The largest absolute Gasteiger partial charge is 0.387 e. The lowest BCUT2D eigenvalue weighted by atomic mass is 9.93. The molecule has 0 aliphatic rings. The molecule has 0 amide bonds. The van der Waals surface area contributed by atoms with Crippen LogP contribution in [-0.2, 0) is 4.74 Å². The molecule has 0 saturated carbocycles. The van der Waals surface area contributed by atoms with Crippen LogP contribution in [0.5, 0.6) is 0 Å². The first kappa shape index (κ1) is 16.2. The van der Waals surface area contributed by atoms with E-state index in [1.165, 1.54) is 0 Å². The Bertz CT molecular complexity index is 327. The van der Waals surface area contributed by atoms with Crippen molar-refractivity contribution < 1.29 is 9.84 Å². The van der Waals surface area contributed by atoms with Crippen molar-refractivity contribution >= 4 is 0 Å². The van der Waals surface area contributed by atoms with Gasteiger partial charge in [0.05, 0.1) is 6.10 Å². The summed E-state index contributed by atoms with van der Waals surface area (Å²) >= 11 is 0. The summed E-state index contributed by atoms with van der Waals surface area (Å²) in [7, 11) is 0. The van der Waals surface area contributed by atoms with Crippen molar-refractivity contribution in [1.82, 2.24) is 5.32 Å². The highest BCUT2D eigenvalue weighted by Crippen LogP contribution is 2.21. The Morgan fingerprint density at radius 3 is 2.47 bits per heavy atom. The number of hydrogen-bond acceptors (Lipinski definition) is 3. The van der Waals surface area contributed by atoms with Crippen molar-refractivity contribution in [2.45, 2.75) is 39.3 Å². The number of aliphatic hydroxyl groups is 1. The Morgan fingerprint density at radius 1 is 1.21 bits per heavy atom. The van der Waals surface area contributed by atoms with Crippen LogP contribution < -0.4 is 5.32 Å². The minimum absolute atomic E-state index is 0.0732. The molecule has 0 radical (unpaired) electrons. The third-order valence-corrected chi connectivity index (χ3v) is 3.25. The zero-order chi connectivity index (χ0) is 14.1. The van der Waals surface area contributed by atoms with E-state index in [-0.39, 0.29) is 6.04 Å². The van der Waals surface area contributed by atoms with Crippen molar-refractivity contribution in [3.05, 3.63) is 35.9 Å². The molecule has 0 aliphatic carbocycles. The number of ether oxygens (including phenoxy) is 1. The minimum atomic E-state index is -0.465. The van der Waals surface area contributed by atoms with Crippen LogP contribution in [0.25, 0.3) is 0 Å². The smallest absolute Gasteiger partial charge is 0.0945 e. The van der Waals surface area contributed by atoms with E-state index in [9.17, 15) is 5.11 Å². The molecule has 1 aromatic rings. The van der Waals surface area contributed by atoms with Gasteiger partial charge in [0.25, 0.3) is 0 Å². The van der Waals surface area contributed by atoms with Crippen LogP contribution in [0.15, 0.2) is 30.3 Å². The standard InChI is InChI=1S/C16H27NO2/c1-4-19-12-8-11-17-15(13(2)3)16(18)14-9-6-5-7-10-14/h5-7,9-10,13,15-18H,4,8,11-12H2,1-3H3. The lowest BCUT2D eigenvalue weighted by Crippen LogP contribution is -2.40. The lowest BCUT2D eigenvalue weighted by Gasteiger charge is -2.28. The van der Waals surface area contributed by atoms with Gasteiger partial charge in [0.1, 0.15) is 0 Å². The highest BCUT2D eigenvalue weighted by atomic mass is 16.5. The van der Waals surface area contributed by atoms with Gasteiger partial charge in [-0.15, -0.1) is 0 Å². The minimum Gasteiger partial charge on any atom is -0.387 e. The molecule has 108 valence electrons. The van der Waals surface area contributed by atoms with Gasteiger partial charge in [-0.25, -0.2) is 0 Å². The van der Waals surface area contributed by atoms with Crippen LogP contribution in [0, 0.1) is 5.92 Å². The second-order valence-corrected chi connectivity index (χ2v) is 5.13. The van der Waals surface area contributed by atoms with Gasteiger partial charge in [0.15, 0.2) is 0 Å². The van der Waals surface area contributed by atoms with E-state index in [0.29, 0.717) is 5.92 Å². The molecule has 2 N–H and O–H groups in total. The zero-order valence-corrected chi connectivity index (χ0v) is 12.3. The summed E-state index contributed by atoms with van der Waals surface area (Å²) in [5, 5.41) is 13.9. The quantitative estimate of drug-likeness (QED) is 0.675. The molecule has 2 atom stereocenters. The fourth-order valence-electron chi connectivity index (χ4n) is 2.16. The Morgan fingerprint density at radius 2 is 1.89 bits per heavy atom. The van der Waals surface area contributed by atoms with Gasteiger partial charge < -0.3 is 15.2 Å². The zero-order valence-electron chi connectivity index (χ0n) is 12.3. The van der Waals surface area contributed by atoms with Crippen molar-refractivity contribution in [3.63, 3.8) is 0 Å². The van der Waals surface area contributed by atoms with Gasteiger partial charge in [0.2, 0.25) is 0 Å². The predicted molar refractivity (Wildman–Crippen MR) is 79.1 cm³/mol. The molecule has 0 heterocycles. The molecule has 0 aliphatic heterocycles. The van der Waals surface area contributed by atoms with Crippen LogP contribution in [0.2, 0.25) is 0 Å². The SMILES string of the molecule is CCOCCCNC(C(C)C)C(O)c1ccccc1. The normalized spacial score (nSPS) is 14.6. The maximum atomic E-state index is 10.5. The number of hydrogen-bond donors (Lipinski definition) is 2. The van der Waals surface area contributed by atoms with Gasteiger partial charge >= 0.3 is 0 Å². The Labute approximate surface area is 117 Å². The van der Waals surface area contributed by atoms with Gasteiger partial charge in [0, 0.05) is 19.3 Å². The summed E-state index contributed by atoms with van der Waals surface area (Å²) < 4.78 is 5.32. The van der Waals surface area contributed by atoms with Gasteiger partial charge in [-0.05, 0) is 31.4 Å². The molecule has 0 saturated heterocycles. The van der Waals surface area contributed by atoms with Crippen LogP contribution in [0.3, 0.4) is 0 Å². The topological polar surface area (TPSA) is 41.5 Å². The van der Waals surface area contributed by atoms with Crippen LogP contribution in [-0.4, -0.2) is 30.9 Å². The van der Waals surface area contributed by atoms with E-state index in [1.54, 1.807) is 0 Å². The number of nitrogens with one attached hydrogen (secondary N) is 1. The fourth-order valence-corrected chi connectivity index (χ4v) is 2.16. The summed E-state index contributed by atoms with van der Waals surface area (Å²) in [6.07, 6.45) is 0.506.